The number of benzene rings is 1. The molecule has 0 aliphatic rings. The highest BCUT2D eigenvalue weighted by Gasteiger charge is 2.21. The summed E-state index contributed by atoms with van der Waals surface area (Å²) in [7, 11) is 0. The fourth-order valence-corrected chi connectivity index (χ4v) is 2.12. The van der Waals surface area contributed by atoms with Gasteiger partial charge in [0.15, 0.2) is 17.1 Å². The van der Waals surface area contributed by atoms with Gasteiger partial charge >= 0.3 is 11.9 Å². The van der Waals surface area contributed by atoms with E-state index in [0.717, 1.165) is 0 Å². The van der Waals surface area contributed by atoms with Crippen LogP contribution in [0, 0.1) is 11.8 Å². The number of rotatable bonds is 12. The quantitative estimate of drug-likeness (QED) is 0.241. The molecule has 0 aliphatic heterocycles. The molecule has 0 saturated carbocycles. The molecule has 0 atom stereocenters. The van der Waals surface area contributed by atoms with Crippen molar-refractivity contribution in [1.82, 2.24) is 0 Å². The maximum absolute atomic E-state index is 12.1. The van der Waals surface area contributed by atoms with E-state index in [1.54, 1.807) is 32.0 Å². The SMILES string of the molecule is CCOC(=O)C(=CNc1ccc(OCC(C)C)c(OCC(C)C)c1)C(=O)OCC. The number of carbonyl (C=O) groups is 2. The Balaban J connectivity index is 3.07. The molecule has 0 spiro atoms. The van der Waals surface area contributed by atoms with E-state index in [9.17, 15) is 9.59 Å². The Labute approximate surface area is 173 Å². The summed E-state index contributed by atoms with van der Waals surface area (Å²) in [4.78, 5) is 24.1. The van der Waals surface area contributed by atoms with Crippen LogP contribution in [0.15, 0.2) is 30.0 Å². The average molecular weight is 408 g/mol. The van der Waals surface area contributed by atoms with Crippen molar-refractivity contribution in [3.63, 3.8) is 0 Å². The number of anilines is 1. The number of hydrogen-bond acceptors (Lipinski definition) is 7. The van der Waals surface area contributed by atoms with E-state index in [1.807, 2.05) is 0 Å². The smallest absolute Gasteiger partial charge is 0.347 e. The summed E-state index contributed by atoms with van der Waals surface area (Å²) in [5.41, 5.74) is 0.422. The fraction of sp³-hybridized carbons (Fsp3) is 0.545. The molecule has 0 saturated heterocycles. The molecule has 0 aliphatic carbocycles. The van der Waals surface area contributed by atoms with Crippen molar-refractivity contribution in [3.05, 3.63) is 30.0 Å². The van der Waals surface area contributed by atoms with Gasteiger partial charge in [-0.2, -0.15) is 0 Å². The van der Waals surface area contributed by atoms with Crippen LogP contribution >= 0.6 is 0 Å². The summed E-state index contributed by atoms with van der Waals surface area (Å²) in [6, 6.07) is 5.34. The lowest BCUT2D eigenvalue weighted by Crippen LogP contribution is -2.19. The van der Waals surface area contributed by atoms with Gasteiger partial charge in [-0.1, -0.05) is 27.7 Å². The first kappa shape index (κ1) is 24.3. The van der Waals surface area contributed by atoms with Gasteiger partial charge in [0.05, 0.1) is 26.4 Å². The van der Waals surface area contributed by atoms with Gasteiger partial charge in [-0.15, -0.1) is 0 Å². The maximum atomic E-state index is 12.1. The standard InChI is InChI=1S/C22H33NO6/c1-7-26-21(24)18(22(25)27-8-2)12-23-17-9-10-19(28-13-15(3)4)20(11-17)29-14-16(5)6/h9-12,15-16,23H,7-8,13-14H2,1-6H3. The zero-order chi connectivity index (χ0) is 21.8. The Morgan fingerprint density at radius 1 is 0.897 bits per heavy atom. The minimum absolute atomic E-state index is 0.157. The summed E-state index contributed by atoms with van der Waals surface area (Å²) in [5.74, 6) is 0.476. The summed E-state index contributed by atoms with van der Waals surface area (Å²) >= 11 is 0. The van der Waals surface area contributed by atoms with Crippen molar-refractivity contribution in [1.29, 1.82) is 0 Å². The maximum Gasteiger partial charge on any atom is 0.347 e. The molecular formula is C22H33NO6. The lowest BCUT2D eigenvalue weighted by molar-refractivity contribution is -0.146. The molecule has 0 aromatic heterocycles. The van der Waals surface area contributed by atoms with Crippen molar-refractivity contribution in [2.75, 3.05) is 31.7 Å². The highest BCUT2D eigenvalue weighted by atomic mass is 16.6. The molecule has 0 bridgehead atoms. The minimum Gasteiger partial charge on any atom is -0.489 e. The van der Waals surface area contributed by atoms with E-state index in [-0.39, 0.29) is 18.8 Å². The second-order valence-corrected chi connectivity index (χ2v) is 7.21. The minimum atomic E-state index is -0.744. The predicted octanol–water partition coefficient (Wildman–Crippen LogP) is 4.18. The van der Waals surface area contributed by atoms with Crippen molar-refractivity contribution in [2.24, 2.45) is 11.8 Å². The normalized spacial score (nSPS) is 10.5. The van der Waals surface area contributed by atoms with Gasteiger partial charge in [0.25, 0.3) is 0 Å². The van der Waals surface area contributed by atoms with Gasteiger partial charge in [-0.3, -0.25) is 0 Å². The second-order valence-electron chi connectivity index (χ2n) is 7.21. The van der Waals surface area contributed by atoms with Crippen LogP contribution in [0.4, 0.5) is 5.69 Å². The van der Waals surface area contributed by atoms with Gasteiger partial charge in [-0.05, 0) is 37.8 Å². The Morgan fingerprint density at radius 2 is 1.41 bits per heavy atom. The highest BCUT2D eigenvalue weighted by Crippen LogP contribution is 2.31. The summed E-state index contributed by atoms with van der Waals surface area (Å²) < 4.78 is 21.6. The molecule has 0 heterocycles. The van der Waals surface area contributed by atoms with Crippen molar-refractivity contribution < 1.29 is 28.5 Å². The number of ether oxygens (including phenoxy) is 4. The van der Waals surface area contributed by atoms with Crippen molar-refractivity contribution >= 4 is 17.6 Å². The van der Waals surface area contributed by atoms with E-state index < -0.39 is 11.9 Å². The molecule has 1 aromatic rings. The lowest BCUT2D eigenvalue weighted by atomic mass is 10.2. The zero-order valence-electron chi connectivity index (χ0n) is 18.2. The van der Waals surface area contributed by atoms with E-state index >= 15 is 0 Å². The number of hydrogen-bond donors (Lipinski definition) is 1. The van der Waals surface area contributed by atoms with E-state index in [1.165, 1.54) is 6.20 Å². The predicted molar refractivity (Wildman–Crippen MR) is 112 cm³/mol. The molecule has 0 radical (unpaired) electrons. The lowest BCUT2D eigenvalue weighted by Gasteiger charge is -2.16. The highest BCUT2D eigenvalue weighted by molar-refractivity contribution is 6.14. The average Bonchev–Trinajstić information content (AvgIpc) is 2.65. The number of carbonyl (C=O) groups excluding carboxylic acids is 2. The van der Waals surface area contributed by atoms with Crippen molar-refractivity contribution in [3.8, 4) is 11.5 Å². The summed E-state index contributed by atoms with van der Waals surface area (Å²) in [6.45, 7) is 13.0. The Kier molecular flexibility index (Phi) is 10.7. The van der Waals surface area contributed by atoms with Gasteiger partial charge < -0.3 is 24.3 Å². The first-order valence-electron chi connectivity index (χ1n) is 9.98. The topological polar surface area (TPSA) is 83.1 Å². The van der Waals surface area contributed by atoms with Gasteiger partial charge in [0.2, 0.25) is 0 Å². The van der Waals surface area contributed by atoms with Crippen LogP contribution in [0.3, 0.4) is 0 Å². The largest absolute Gasteiger partial charge is 0.489 e. The molecule has 7 heteroatoms. The third kappa shape index (κ3) is 8.89. The number of nitrogens with one attached hydrogen (secondary N) is 1. The summed E-state index contributed by atoms with van der Waals surface area (Å²) in [6.07, 6.45) is 1.28. The van der Waals surface area contributed by atoms with Gasteiger partial charge in [-0.25, -0.2) is 9.59 Å². The third-order valence-electron chi connectivity index (χ3n) is 3.46. The van der Waals surface area contributed by atoms with Crippen LogP contribution in [0.2, 0.25) is 0 Å². The van der Waals surface area contributed by atoms with Crippen LogP contribution in [0.5, 0.6) is 11.5 Å². The molecule has 1 N–H and O–H groups in total. The molecular weight excluding hydrogens is 374 g/mol. The Morgan fingerprint density at radius 3 is 1.90 bits per heavy atom. The monoisotopic (exact) mass is 407 g/mol. The van der Waals surface area contributed by atoms with Crippen LogP contribution in [0.25, 0.3) is 0 Å². The van der Waals surface area contributed by atoms with Crippen LogP contribution in [-0.2, 0) is 19.1 Å². The van der Waals surface area contributed by atoms with E-state index in [0.29, 0.717) is 42.2 Å². The van der Waals surface area contributed by atoms with Crippen LogP contribution in [-0.4, -0.2) is 38.4 Å². The molecule has 29 heavy (non-hydrogen) atoms. The molecule has 1 rings (SSSR count). The molecule has 1 aromatic carbocycles. The number of esters is 2. The third-order valence-corrected chi connectivity index (χ3v) is 3.46. The molecule has 0 amide bonds. The fourth-order valence-electron chi connectivity index (χ4n) is 2.12. The van der Waals surface area contributed by atoms with Crippen LogP contribution < -0.4 is 14.8 Å². The Hall–Kier alpha value is -2.70. The first-order valence-corrected chi connectivity index (χ1v) is 9.98. The second kappa shape index (κ2) is 12.7. The first-order chi connectivity index (χ1) is 13.8. The molecule has 0 fully saturated rings. The molecule has 162 valence electrons. The van der Waals surface area contributed by atoms with Gasteiger partial charge in [0, 0.05) is 18.0 Å². The molecule has 0 unspecified atom stereocenters. The van der Waals surface area contributed by atoms with E-state index in [2.05, 4.69) is 33.0 Å². The van der Waals surface area contributed by atoms with Crippen LogP contribution in [0.1, 0.15) is 41.5 Å². The van der Waals surface area contributed by atoms with Gasteiger partial charge in [0.1, 0.15) is 0 Å². The summed E-state index contributed by atoms with van der Waals surface area (Å²) in [5, 5.41) is 2.94. The molecule has 7 nitrogen and oxygen atoms in total. The van der Waals surface area contributed by atoms with Crippen molar-refractivity contribution in [2.45, 2.75) is 41.5 Å². The Bertz CT molecular complexity index is 677. The van der Waals surface area contributed by atoms with E-state index in [4.69, 9.17) is 18.9 Å². The zero-order valence-corrected chi connectivity index (χ0v) is 18.2.